The van der Waals surface area contributed by atoms with Crippen LogP contribution in [-0.4, -0.2) is 18.4 Å². The van der Waals surface area contributed by atoms with Crippen LogP contribution >= 0.6 is 58.0 Å². The zero-order valence-corrected chi connectivity index (χ0v) is 17.5. The van der Waals surface area contributed by atoms with Gasteiger partial charge in [0.2, 0.25) is 0 Å². The molecule has 0 heterocycles. The average molecular weight is 510 g/mol. The normalized spacial score (nSPS) is 10.7. The van der Waals surface area contributed by atoms with E-state index < -0.39 is 0 Å². The van der Waals surface area contributed by atoms with Crippen LogP contribution in [0.25, 0.3) is 0 Å². The lowest BCUT2D eigenvalue weighted by Gasteiger charge is -2.14. The third-order valence-corrected chi connectivity index (χ3v) is 4.51. The molecule has 25 heavy (non-hydrogen) atoms. The number of thiocarbonyl (C=S) groups is 1. The van der Waals surface area contributed by atoms with Gasteiger partial charge in [0.1, 0.15) is 6.61 Å². The number of hydrogen-bond acceptors (Lipinski definition) is 4. The summed E-state index contributed by atoms with van der Waals surface area (Å²) in [5, 5.41) is 5.15. The molecule has 2 aromatic rings. The highest BCUT2D eigenvalue weighted by molar-refractivity contribution is 14.1. The Morgan fingerprint density at radius 1 is 1.36 bits per heavy atom. The molecule has 0 bridgehead atoms. The van der Waals surface area contributed by atoms with E-state index in [-0.39, 0.29) is 5.11 Å². The monoisotopic (exact) mass is 509 g/mol. The second-order valence-corrected chi connectivity index (χ2v) is 7.24. The van der Waals surface area contributed by atoms with Crippen LogP contribution in [0.5, 0.6) is 11.5 Å². The number of methoxy groups -OCH3 is 1. The van der Waals surface area contributed by atoms with Gasteiger partial charge in [-0.25, -0.2) is 0 Å². The highest BCUT2D eigenvalue weighted by atomic mass is 127. The summed E-state index contributed by atoms with van der Waals surface area (Å²) in [6.45, 7) is 0.290. The summed E-state index contributed by atoms with van der Waals surface area (Å²) in [5.41, 5.74) is 9.46. The lowest BCUT2D eigenvalue weighted by Crippen LogP contribution is -2.24. The number of ether oxygens (including phenoxy) is 2. The summed E-state index contributed by atoms with van der Waals surface area (Å²) in [4.78, 5) is 0. The van der Waals surface area contributed by atoms with Crippen molar-refractivity contribution in [3.63, 3.8) is 0 Å². The van der Waals surface area contributed by atoms with Gasteiger partial charge in [0.05, 0.1) is 16.9 Å². The van der Waals surface area contributed by atoms with E-state index in [1.54, 1.807) is 31.5 Å². The number of nitrogens with zero attached hydrogens (tertiary/aromatic N) is 1. The molecular weight excluding hydrogens is 496 g/mol. The fourth-order valence-corrected chi connectivity index (χ4v) is 3.21. The Morgan fingerprint density at radius 3 is 2.76 bits per heavy atom. The molecule has 0 unspecified atom stereocenters. The van der Waals surface area contributed by atoms with Gasteiger partial charge >= 0.3 is 0 Å². The van der Waals surface area contributed by atoms with Crippen LogP contribution < -0.4 is 20.6 Å². The number of nitrogens with two attached hydrogens (primary N) is 1. The number of benzene rings is 2. The summed E-state index contributed by atoms with van der Waals surface area (Å²) < 4.78 is 12.2. The summed E-state index contributed by atoms with van der Waals surface area (Å²) >= 11 is 18.9. The summed E-state index contributed by atoms with van der Waals surface area (Å²) in [6.07, 6.45) is 1.59. The quantitative estimate of drug-likeness (QED) is 0.262. The largest absolute Gasteiger partial charge is 0.493 e. The minimum Gasteiger partial charge on any atom is -0.493 e. The lowest BCUT2D eigenvalue weighted by atomic mass is 10.2. The maximum absolute atomic E-state index is 6.17. The van der Waals surface area contributed by atoms with Gasteiger partial charge in [-0.3, -0.25) is 5.43 Å². The van der Waals surface area contributed by atoms with Gasteiger partial charge in [0.25, 0.3) is 0 Å². The third kappa shape index (κ3) is 5.88. The van der Waals surface area contributed by atoms with Crippen molar-refractivity contribution in [1.29, 1.82) is 0 Å². The second-order valence-electron chi connectivity index (χ2n) is 4.79. The second kappa shape index (κ2) is 9.42. The van der Waals surface area contributed by atoms with Crippen LogP contribution in [0.15, 0.2) is 35.4 Å². The van der Waals surface area contributed by atoms with Crippen molar-refractivity contribution in [1.82, 2.24) is 5.43 Å². The Morgan fingerprint density at radius 2 is 2.12 bits per heavy atom. The van der Waals surface area contributed by atoms with Crippen molar-refractivity contribution in [3.8, 4) is 11.5 Å². The smallest absolute Gasteiger partial charge is 0.184 e. The van der Waals surface area contributed by atoms with E-state index in [2.05, 4.69) is 33.1 Å². The Labute approximate surface area is 174 Å². The molecule has 0 fully saturated rings. The zero-order valence-electron chi connectivity index (χ0n) is 13.1. The number of rotatable bonds is 6. The van der Waals surface area contributed by atoms with Crippen LogP contribution in [0.2, 0.25) is 10.0 Å². The molecule has 0 amide bonds. The van der Waals surface area contributed by atoms with Crippen molar-refractivity contribution in [2.24, 2.45) is 10.8 Å². The van der Waals surface area contributed by atoms with E-state index in [0.717, 1.165) is 14.7 Å². The molecule has 0 aliphatic carbocycles. The minimum atomic E-state index is 0.0951. The summed E-state index contributed by atoms with van der Waals surface area (Å²) in [5.74, 6) is 1.20. The van der Waals surface area contributed by atoms with E-state index in [1.165, 1.54) is 0 Å². The Bertz CT molecular complexity index is 818. The summed E-state index contributed by atoms with van der Waals surface area (Å²) in [7, 11) is 1.57. The van der Waals surface area contributed by atoms with E-state index >= 15 is 0 Å². The minimum absolute atomic E-state index is 0.0951. The molecule has 0 saturated carbocycles. The van der Waals surface area contributed by atoms with Gasteiger partial charge in [-0.2, -0.15) is 5.10 Å². The van der Waals surface area contributed by atoms with E-state index in [4.69, 9.17) is 50.6 Å². The van der Waals surface area contributed by atoms with E-state index in [0.29, 0.717) is 28.2 Å². The topological polar surface area (TPSA) is 68.9 Å². The Hall–Kier alpha value is -1.29. The maximum Gasteiger partial charge on any atom is 0.184 e. The zero-order chi connectivity index (χ0) is 18.4. The molecule has 0 spiro atoms. The molecule has 5 nitrogen and oxygen atoms in total. The van der Waals surface area contributed by atoms with Crippen LogP contribution in [0.1, 0.15) is 11.1 Å². The highest BCUT2D eigenvalue weighted by Crippen LogP contribution is 2.34. The molecule has 0 radical (unpaired) electrons. The first kappa shape index (κ1) is 20.0. The average Bonchev–Trinajstić information content (AvgIpc) is 2.54. The number of nitrogens with one attached hydrogen (secondary N) is 1. The highest BCUT2D eigenvalue weighted by Gasteiger charge is 2.12. The number of hydrazone groups is 1. The molecule has 0 saturated heterocycles. The van der Waals surface area contributed by atoms with Crippen molar-refractivity contribution in [2.45, 2.75) is 6.61 Å². The number of halogens is 3. The van der Waals surface area contributed by atoms with Crippen molar-refractivity contribution in [3.05, 3.63) is 55.1 Å². The van der Waals surface area contributed by atoms with Crippen LogP contribution in [0.4, 0.5) is 0 Å². The number of hydrogen-bond donors (Lipinski definition) is 2. The molecule has 0 aliphatic heterocycles. The predicted octanol–water partition coefficient (Wildman–Crippen LogP) is 4.35. The van der Waals surface area contributed by atoms with Gasteiger partial charge in [0.15, 0.2) is 16.6 Å². The molecular formula is C16H14Cl2IN3O2S. The van der Waals surface area contributed by atoms with Crippen molar-refractivity contribution in [2.75, 3.05) is 7.11 Å². The molecule has 0 aromatic heterocycles. The van der Waals surface area contributed by atoms with Gasteiger partial charge < -0.3 is 15.2 Å². The Kier molecular flexibility index (Phi) is 7.55. The standard InChI is InChI=1S/C16H14Cl2IN3O2S/c1-23-14-5-9(7-21-22-16(20)25)4-13(19)15(14)24-8-10-2-3-11(17)6-12(10)18/h2-7H,8H2,1H3,(H3,20,22,25)/b21-7-. The van der Waals surface area contributed by atoms with Crippen LogP contribution in [0.3, 0.4) is 0 Å². The van der Waals surface area contributed by atoms with E-state index in [1.807, 2.05) is 12.1 Å². The fourth-order valence-electron chi connectivity index (χ4n) is 1.91. The SMILES string of the molecule is COc1cc(/C=N\NC(N)=S)cc(I)c1OCc1ccc(Cl)cc1Cl. The van der Waals surface area contributed by atoms with E-state index in [9.17, 15) is 0 Å². The molecule has 132 valence electrons. The first-order chi connectivity index (χ1) is 11.9. The fraction of sp³-hybridized carbons (Fsp3) is 0.125. The molecule has 9 heteroatoms. The first-order valence-corrected chi connectivity index (χ1v) is 9.17. The molecule has 0 aliphatic rings. The maximum atomic E-state index is 6.17. The van der Waals surface area contributed by atoms with Crippen molar-refractivity contribution < 1.29 is 9.47 Å². The van der Waals surface area contributed by atoms with Gasteiger partial charge in [-0.15, -0.1) is 0 Å². The third-order valence-electron chi connectivity index (χ3n) is 3.03. The van der Waals surface area contributed by atoms with Crippen molar-refractivity contribution >= 4 is 69.3 Å². The predicted molar refractivity (Wildman–Crippen MR) is 114 cm³/mol. The molecule has 2 aromatic carbocycles. The first-order valence-electron chi connectivity index (χ1n) is 6.93. The van der Waals surface area contributed by atoms with Gasteiger partial charge in [0, 0.05) is 15.6 Å². The van der Waals surface area contributed by atoms with Crippen LogP contribution in [0, 0.1) is 3.57 Å². The Balaban J connectivity index is 2.19. The molecule has 3 N–H and O–H groups in total. The molecule has 0 atom stereocenters. The summed E-state index contributed by atoms with van der Waals surface area (Å²) in [6, 6.07) is 8.96. The lowest BCUT2D eigenvalue weighted by molar-refractivity contribution is 0.282. The van der Waals surface area contributed by atoms with Gasteiger partial charge in [-0.1, -0.05) is 29.3 Å². The van der Waals surface area contributed by atoms with Gasteiger partial charge in [-0.05, 0) is 64.6 Å². The van der Waals surface area contributed by atoms with Crippen LogP contribution in [-0.2, 0) is 6.61 Å². The molecule has 2 rings (SSSR count).